The first-order chi connectivity index (χ1) is 10.5. The van der Waals surface area contributed by atoms with Gasteiger partial charge in [0, 0.05) is 18.6 Å². The summed E-state index contributed by atoms with van der Waals surface area (Å²) in [6.45, 7) is 0. The number of benzene rings is 1. The molecule has 0 unspecified atom stereocenters. The number of nitrogens with zero attached hydrogens (tertiary/aromatic N) is 5. The molecule has 0 saturated heterocycles. The lowest BCUT2D eigenvalue weighted by Crippen LogP contribution is -2.37. The van der Waals surface area contributed by atoms with E-state index in [4.69, 9.17) is 5.39 Å². The van der Waals surface area contributed by atoms with E-state index in [-0.39, 0.29) is 11.5 Å². The Morgan fingerprint density at radius 1 is 1.23 bits per heavy atom. The second-order valence-corrected chi connectivity index (χ2v) is 5.34. The van der Waals surface area contributed by atoms with Crippen molar-refractivity contribution >= 4 is 33.6 Å². The fraction of sp³-hybridized carbons (Fsp3) is 0.154. The third kappa shape index (κ3) is 2.96. The molecular weight excluding hydrogens is 352 g/mol. The molecule has 0 atom stereocenters. The predicted octanol–water partition coefficient (Wildman–Crippen LogP) is 1.78. The van der Waals surface area contributed by atoms with Crippen LogP contribution >= 0.6 is 15.9 Å². The summed E-state index contributed by atoms with van der Waals surface area (Å²) >= 11 is 3.33. The van der Waals surface area contributed by atoms with E-state index in [9.17, 15) is 9.59 Å². The molecule has 0 bridgehead atoms. The molecule has 1 aromatic heterocycles. The molecule has 2 rings (SSSR count). The zero-order valence-corrected chi connectivity index (χ0v) is 13.4. The van der Waals surface area contributed by atoms with Crippen LogP contribution in [0, 0.1) is 5.39 Å². The van der Waals surface area contributed by atoms with Gasteiger partial charge in [0.1, 0.15) is 0 Å². The van der Waals surface area contributed by atoms with Gasteiger partial charge in [-0.3, -0.25) is 19.4 Å². The molecule has 0 aliphatic heterocycles. The van der Waals surface area contributed by atoms with Crippen LogP contribution in [0.25, 0.3) is 4.98 Å². The highest BCUT2D eigenvalue weighted by molar-refractivity contribution is 9.10. The first-order valence-corrected chi connectivity index (χ1v) is 6.94. The van der Waals surface area contributed by atoms with Crippen molar-refractivity contribution in [2.45, 2.75) is 0 Å². The number of rotatable bonds is 3. The molecule has 22 heavy (non-hydrogen) atoms. The highest BCUT2D eigenvalue weighted by Crippen LogP contribution is 2.17. The molecule has 1 N–H and O–H groups in total. The molecule has 0 fully saturated rings. The number of hydrogen-bond acceptors (Lipinski definition) is 5. The number of hydrogen-bond donors (Lipinski definition) is 1. The van der Waals surface area contributed by atoms with Gasteiger partial charge in [0.05, 0.1) is 6.21 Å². The van der Waals surface area contributed by atoms with Crippen molar-refractivity contribution < 1.29 is 0 Å². The molecule has 0 aliphatic carbocycles. The number of diazo groups is 1. The van der Waals surface area contributed by atoms with Crippen LogP contribution in [0.1, 0.15) is 5.56 Å². The van der Waals surface area contributed by atoms with Gasteiger partial charge in [-0.15, -0.1) is 0 Å². The van der Waals surface area contributed by atoms with E-state index < -0.39 is 11.2 Å². The van der Waals surface area contributed by atoms with Gasteiger partial charge in [0.25, 0.3) is 0 Å². The molecule has 9 heteroatoms. The maximum Gasteiger partial charge on any atom is 0.491 e. The average Bonchev–Trinajstić information content (AvgIpc) is 2.52. The fourth-order valence-corrected chi connectivity index (χ4v) is 2.03. The van der Waals surface area contributed by atoms with Gasteiger partial charge in [-0.05, 0) is 17.7 Å². The normalized spacial score (nSPS) is 10.6. The third-order valence-corrected chi connectivity index (χ3v) is 3.52. The third-order valence-electron chi connectivity index (χ3n) is 2.99. The van der Waals surface area contributed by atoms with Crippen LogP contribution in [-0.2, 0) is 14.1 Å². The van der Waals surface area contributed by atoms with E-state index >= 15 is 0 Å². The van der Waals surface area contributed by atoms with Crippen LogP contribution in [0.3, 0.4) is 0 Å². The predicted molar refractivity (Wildman–Crippen MR) is 87.0 cm³/mol. The maximum atomic E-state index is 11.9. The largest absolute Gasteiger partial charge is 0.491 e. The molecule has 1 heterocycles. The van der Waals surface area contributed by atoms with E-state index in [0.717, 1.165) is 19.2 Å². The average molecular weight is 364 g/mol. The molecule has 0 radical (unpaired) electrons. The topological polar surface area (TPSA) is 96.5 Å². The van der Waals surface area contributed by atoms with Gasteiger partial charge in [-0.2, -0.15) is 5.10 Å². The molecule has 0 amide bonds. The van der Waals surface area contributed by atoms with Crippen molar-refractivity contribution in [3.8, 4) is 0 Å². The number of hydrazone groups is 1. The van der Waals surface area contributed by atoms with Crippen molar-refractivity contribution in [2.24, 2.45) is 19.2 Å². The quantitative estimate of drug-likeness (QED) is 0.510. The highest BCUT2D eigenvalue weighted by atomic mass is 79.9. The molecule has 0 spiro atoms. The Morgan fingerprint density at radius 2 is 1.86 bits per heavy atom. The second-order valence-electron chi connectivity index (χ2n) is 4.42. The van der Waals surface area contributed by atoms with Crippen molar-refractivity contribution in [3.63, 3.8) is 0 Å². The Balaban J connectivity index is 2.38. The van der Waals surface area contributed by atoms with Crippen LogP contribution in [0.5, 0.6) is 0 Å². The van der Waals surface area contributed by atoms with E-state index in [1.807, 2.05) is 24.3 Å². The Bertz CT molecular complexity index is 889. The van der Waals surface area contributed by atoms with Crippen LogP contribution in [-0.4, -0.2) is 15.3 Å². The summed E-state index contributed by atoms with van der Waals surface area (Å²) in [7, 11) is 2.74. The van der Waals surface area contributed by atoms with Gasteiger partial charge in [-0.1, -0.05) is 28.1 Å². The molecule has 2 aromatic rings. The minimum Gasteiger partial charge on any atom is -0.275 e. The van der Waals surface area contributed by atoms with Crippen LogP contribution in [0.2, 0.25) is 0 Å². The van der Waals surface area contributed by atoms with Crippen molar-refractivity contribution in [3.05, 3.63) is 60.1 Å². The van der Waals surface area contributed by atoms with Gasteiger partial charge < -0.3 is 0 Å². The van der Waals surface area contributed by atoms with Crippen LogP contribution < -0.4 is 16.7 Å². The molecular formula is C13H12BrN6O2+. The zero-order chi connectivity index (χ0) is 16.3. The van der Waals surface area contributed by atoms with E-state index in [1.165, 1.54) is 20.3 Å². The number of anilines is 1. The Hall–Kier alpha value is -2.73. The van der Waals surface area contributed by atoms with Gasteiger partial charge >= 0.3 is 16.9 Å². The van der Waals surface area contributed by atoms with Crippen molar-refractivity contribution in [1.82, 2.24) is 9.13 Å². The summed E-state index contributed by atoms with van der Waals surface area (Å²) in [4.78, 5) is 26.7. The van der Waals surface area contributed by atoms with Gasteiger partial charge in [0.2, 0.25) is 11.2 Å². The minimum absolute atomic E-state index is 0.00367. The SMILES string of the molecule is Cn1c(N/N=C\c2ccc(Br)cc2)c([N+]#N)c(=O)n(C)c1=O. The maximum absolute atomic E-state index is 11.9. The van der Waals surface area contributed by atoms with E-state index in [1.54, 1.807) is 0 Å². The molecule has 0 saturated carbocycles. The zero-order valence-electron chi connectivity index (χ0n) is 11.8. The van der Waals surface area contributed by atoms with E-state index in [0.29, 0.717) is 0 Å². The van der Waals surface area contributed by atoms with Gasteiger partial charge in [0.15, 0.2) is 4.98 Å². The first-order valence-electron chi connectivity index (χ1n) is 6.15. The summed E-state index contributed by atoms with van der Waals surface area (Å²) < 4.78 is 2.92. The lowest BCUT2D eigenvalue weighted by molar-refractivity contribution is 0.694. The molecule has 112 valence electrons. The summed E-state index contributed by atoms with van der Waals surface area (Å²) in [6, 6.07) is 7.36. The number of aromatic nitrogens is 2. The molecule has 0 aliphatic rings. The first kappa shape index (κ1) is 15.7. The van der Waals surface area contributed by atoms with Crippen LogP contribution in [0.4, 0.5) is 11.5 Å². The summed E-state index contributed by atoms with van der Waals surface area (Å²) in [5, 5.41) is 12.9. The fourth-order valence-electron chi connectivity index (χ4n) is 1.76. The Labute approximate surface area is 133 Å². The van der Waals surface area contributed by atoms with Gasteiger partial charge in [-0.25, -0.2) is 4.79 Å². The summed E-state index contributed by atoms with van der Waals surface area (Å²) in [6.07, 6.45) is 1.51. The molecule has 8 nitrogen and oxygen atoms in total. The monoisotopic (exact) mass is 363 g/mol. The highest BCUT2D eigenvalue weighted by Gasteiger charge is 2.26. The minimum atomic E-state index is -0.716. The van der Waals surface area contributed by atoms with Crippen molar-refractivity contribution in [2.75, 3.05) is 5.43 Å². The molecule has 1 aromatic carbocycles. The Morgan fingerprint density at radius 3 is 2.45 bits per heavy atom. The lowest BCUT2D eigenvalue weighted by Gasteiger charge is -2.05. The number of halogens is 1. The van der Waals surface area contributed by atoms with Crippen molar-refractivity contribution in [1.29, 1.82) is 5.39 Å². The summed E-state index contributed by atoms with van der Waals surface area (Å²) in [5.74, 6) is 0.00367. The smallest absolute Gasteiger partial charge is 0.275 e. The second kappa shape index (κ2) is 6.36. The number of nitrogens with one attached hydrogen (secondary N) is 1. The Kier molecular flexibility index (Phi) is 4.53. The standard InChI is InChI=1S/C13H11BrN6O2/c1-19-11(10(17-15)12(21)20(2)13(19)22)18-16-7-8-3-5-9(14)6-4-8/h3-7H,1-2H3/p+1/b16-7-. The lowest BCUT2D eigenvalue weighted by atomic mass is 10.2. The van der Waals surface area contributed by atoms with E-state index in [2.05, 4.69) is 31.4 Å². The van der Waals surface area contributed by atoms with Crippen LogP contribution in [0.15, 0.2) is 43.4 Å². The summed E-state index contributed by atoms with van der Waals surface area (Å²) in [5.41, 5.74) is 1.80.